The molecule has 3 aromatic rings. The molecule has 2 aromatic heterocycles. The van der Waals surface area contributed by atoms with Crippen LogP contribution in [0.1, 0.15) is 15.9 Å². The molecule has 3 rings (SSSR count). The van der Waals surface area contributed by atoms with Gasteiger partial charge in [-0.15, -0.1) is 5.10 Å². The second kappa shape index (κ2) is 5.78. The lowest BCUT2D eigenvalue weighted by Crippen LogP contribution is -1.97. The molecule has 0 saturated heterocycles. The van der Waals surface area contributed by atoms with Crippen molar-refractivity contribution in [1.29, 1.82) is 0 Å². The quantitative estimate of drug-likeness (QED) is 0.570. The first-order valence-electron chi connectivity index (χ1n) is 6.24. The van der Waals surface area contributed by atoms with Gasteiger partial charge in [0.2, 0.25) is 10.6 Å². The Labute approximate surface area is 129 Å². The third-order valence-corrected chi connectivity index (χ3v) is 3.14. The van der Waals surface area contributed by atoms with Crippen LogP contribution in [0.3, 0.4) is 0 Å². The second-order valence-electron chi connectivity index (χ2n) is 4.31. The molecule has 0 saturated carbocycles. The van der Waals surface area contributed by atoms with Crippen molar-refractivity contribution in [2.75, 3.05) is 0 Å². The molecule has 8 heteroatoms. The minimum atomic E-state index is -0.972. The Kier molecular flexibility index (Phi) is 3.67. The van der Waals surface area contributed by atoms with Gasteiger partial charge in [0.05, 0.1) is 18.0 Å². The Hall–Kier alpha value is -3.00. The SMILES string of the molecule is O=C(O)c1ccc(/C=N\n2c(-c3ccco3)n[nH]c2=S)cc1. The van der Waals surface area contributed by atoms with Gasteiger partial charge in [0, 0.05) is 0 Å². The minimum Gasteiger partial charge on any atom is -0.478 e. The van der Waals surface area contributed by atoms with Crippen LogP contribution in [0.25, 0.3) is 11.6 Å². The summed E-state index contributed by atoms with van der Waals surface area (Å²) in [7, 11) is 0. The number of aromatic nitrogens is 3. The molecule has 1 aromatic carbocycles. The maximum absolute atomic E-state index is 10.8. The zero-order valence-electron chi connectivity index (χ0n) is 11.1. The van der Waals surface area contributed by atoms with Gasteiger partial charge in [0.25, 0.3) is 0 Å². The molecule has 7 nitrogen and oxygen atoms in total. The number of furan rings is 1. The molecular weight excluding hydrogens is 304 g/mol. The Morgan fingerprint density at radius 2 is 2.14 bits per heavy atom. The lowest BCUT2D eigenvalue weighted by Gasteiger charge is -1.98. The molecule has 0 radical (unpaired) electrons. The highest BCUT2D eigenvalue weighted by Gasteiger charge is 2.10. The molecule has 0 aliphatic carbocycles. The van der Waals surface area contributed by atoms with Crippen molar-refractivity contribution in [2.45, 2.75) is 0 Å². The summed E-state index contributed by atoms with van der Waals surface area (Å²) in [5.41, 5.74) is 0.951. The third-order valence-electron chi connectivity index (χ3n) is 2.87. The van der Waals surface area contributed by atoms with E-state index in [4.69, 9.17) is 21.7 Å². The van der Waals surface area contributed by atoms with E-state index in [1.807, 2.05) is 0 Å². The van der Waals surface area contributed by atoms with Crippen LogP contribution in [0.2, 0.25) is 0 Å². The van der Waals surface area contributed by atoms with E-state index in [0.717, 1.165) is 5.56 Å². The van der Waals surface area contributed by atoms with Gasteiger partial charge in [-0.25, -0.2) is 9.89 Å². The number of H-pyrrole nitrogens is 1. The molecule has 22 heavy (non-hydrogen) atoms. The molecular formula is C14H10N4O3S. The van der Waals surface area contributed by atoms with Crippen LogP contribution in [0.15, 0.2) is 52.2 Å². The van der Waals surface area contributed by atoms with Gasteiger partial charge in [-0.2, -0.15) is 9.78 Å². The highest BCUT2D eigenvalue weighted by Crippen LogP contribution is 2.17. The normalized spacial score (nSPS) is 11.1. The molecule has 0 spiro atoms. The number of carboxylic acid groups (broad SMARTS) is 1. The summed E-state index contributed by atoms with van der Waals surface area (Å²) in [5, 5.41) is 19.8. The fourth-order valence-corrected chi connectivity index (χ4v) is 1.98. The summed E-state index contributed by atoms with van der Waals surface area (Å²) >= 11 is 5.13. The Morgan fingerprint density at radius 1 is 1.36 bits per heavy atom. The van der Waals surface area contributed by atoms with Crippen molar-refractivity contribution in [3.63, 3.8) is 0 Å². The average Bonchev–Trinajstić information content (AvgIpc) is 3.15. The summed E-state index contributed by atoms with van der Waals surface area (Å²) in [6.07, 6.45) is 3.09. The molecule has 0 unspecified atom stereocenters. The van der Waals surface area contributed by atoms with Gasteiger partial charge in [-0.1, -0.05) is 12.1 Å². The summed E-state index contributed by atoms with van der Waals surface area (Å²) in [6, 6.07) is 9.81. The van der Waals surface area contributed by atoms with Crippen molar-refractivity contribution in [2.24, 2.45) is 5.10 Å². The Morgan fingerprint density at radius 3 is 2.77 bits per heavy atom. The molecule has 2 N–H and O–H groups in total. The summed E-state index contributed by atoms with van der Waals surface area (Å²) < 4.78 is 7.03. The maximum atomic E-state index is 10.8. The maximum Gasteiger partial charge on any atom is 0.335 e. The first-order chi connectivity index (χ1) is 10.6. The largest absolute Gasteiger partial charge is 0.478 e. The number of carbonyl (C=O) groups is 1. The van der Waals surface area contributed by atoms with Gasteiger partial charge in [-0.05, 0) is 42.0 Å². The zero-order valence-corrected chi connectivity index (χ0v) is 11.9. The number of nitrogens with one attached hydrogen (secondary N) is 1. The highest BCUT2D eigenvalue weighted by molar-refractivity contribution is 7.71. The monoisotopic (exact) mass is 314 g/mol. The van der Waals surface area contributed by atoms with E-state index < -0.39 is 5.97 Å². The van der Waals surface area contributed by atoms with Crippen LogP contribution in [0.4, 0.5) is 0 Å². The predicted octanol–water partition coefficient (Wildman–Crippen LogP) is 2.78. The standard InChI is InChI=1S/C14H10N4O3S/c19-13(20)10-5-3-9(4-6-10)8-15-18-12(16-17-14(18)22)11-2-1-7-21-11/h1-8H,(H,17,22)(H,19,20)/b15-8-. The predicted molar refractivity (Wildman–Crippen MR) is 81.5 cm³/mol. The van der Waals surface area contributed by atoms with Crippen molar-refractivity contribution >= 4 is 24.4 Å². The lowest BCUT2D eigenvalue weighted by molar-refractivity contribution is 0.0697. The zero-order chi connectivity index (χ0) is 15.5. The summed E-state index contributed by atoms with van der Waals surface area (Å²) in [5.74, 6) is 0.0137. The second-order valence-corrected chi connectivity index (χ2v) is 4.70. The molecule has 0 aliphatic heterocycles. The van der Waals surface area contributed by atoms with E-state index in [1.54, 1.807) is 30.5 Å². The number of aromatic amines is 1. The summed E-state index contributed by atoms with van der Waals surface area (Å²) in [4.78, 5) is 10.8. The Balaban J connectivity index is 1.91. The number of carboxylic acids is 1. The van der Waals surface area contributed by atoms with Gasteiger partial charge < -0.3 is 9.52 Å². The minimum absolute atomic E-state index is 0.216. The molecule has 0 atom stereocenters. The van der Waals surface area contributed by atoms with Gasteiger partial charge >= 0.3 is 5.97 Å². The van der Waals surface area contributed by atoms with E-state index in [-0.39, 0.29) is 5.56 Å². The van der Waals surface area contributed by atoms with Gasteiger partial charge in [0.15, 0.2) is 5.76 Å². The number of nitrogens with zero attached hydrogens (tertiary/aromatic N) is 3. The number of aromatic carboxylic acids is 1. The number of hydrogen-bond donors (Lipinski definition) is 2. The van der Waals surface area contributed by atoms with Crippen LogP contribution < -0.4 is 0 Å². The molecule has 0 bridgehead atoms. The van der Waals surface area contributed by atoms with Crippen LogP contribution in [-0.2, 0) is 0 Å². The molecule has 2 heterocycles. The fraction of sp³-hybridized carbons (Fsp3) is 0. The van der Waals surface area contributed by atoms with Crippen molar-refractivity contribution in [1.82, 2.24) is 14.9 Å². The van der Waals surface area contributed by atoms with Gasteiger partial charge in [-0.3, -0.25) is 0 Å². The average molecular weight is 314 g/mol. The lowest BCUT2D eigenvalue weighted by atomic mass is 10.1. The van der Waals surface area contributed by atoms with E-state index in [9.17, 15) is 4.79 Å². The summed E-state index contributed by atoms with van der Waals surface area (Å²) in [6.45, 7) is 0. The fourth-order valence-electron chi connectivity index (χ4n) is 1.80. The molecule has 0 amide bonds. The van der Waals surface area contributed by atoms with E-state index in [1.165, 1.54) is 23.1 Å². The number of hydrogen-bond acceptors (Lipinski definition) is 5. The van der Waals surface area contributed by atoms with E-state index in [0.29, 0.717) is 16.4 Å². The van der Waals surface area contributed by atoms with Crippen LogP contribution in [-0.4, -0.2) is 32.2 Å². The molecule has 0 fully saturated rings. The van der Waals surface area contributed by atoms with E-state index in [2.05, 4.69) is 15.3 Å². The van der Waals surface area contributed by atoms with Crippen molar-refractivity contribution < 1.29 is 14.3 Å². The molecule has 0 aliphatic rings. The Bertz CT molecular complexity index is 876. The first-order valence-corrected chi connectivity index (χ1v) is 6.65. The topological polar surface area (TPSA) is 96.4 Å². The first kappa shape index (κ1) is 14.0. The van der Waals surface area contributed by atoms with Gasteiger partial charge in [0.1, 0.15) is 0 Å². The molecule has 110 valence electrons. The van der Waals surface area contributed by atoms with E-state index >= 15 is 0 Å². The van der Waals surface area contributed by atoms with Crippen molar-refractivity contribution in [3.05, 3.63) is 58.6 Å². The van der Waals surface area contributed by atoms with Crippen LogP contribution in [0.5, 0.6) is 0 Å². The van der Waals surface area contributed by atoms with Crippen molar-refractivity contribution in [3.8, 4) is 11.6 Å². The third kappa shape index (κ3) is 2.72. The number of benzene rings is 1. The number of rotatable bonds is 4. The highest BCUT2D eigenvalue weighted by atomic mass is 32.1. The van der Waals surface area contributed by atoms with Crippen LogP contribution in [0, 0.1) is 4.77 Å². The smallest absolute Gasteiger partial charge is 0.335 e. The van der Waals surface area contributed by atoms with Crippen LogP contribution >= 0.6 is 12.2 Å².